The third kappa shape index (κ3) is 5.54. The number of fused-ring (bicyclic) bond motifs is 1. The van der Waals surface area contributed by atoms with E-state index in [0.717, 1.165) is 31.2 Å². The number of thiocarbonyl (C=S) groups is 1. The second-order valence-corrected chi connectivity index (χ2v) is 9.71. The Morgan fingerprint density at radius 2 is 2.03 bits per heavy atom. The molecule has 33 heavy (non-hydrogen) atoms. The molecule has 6 nitrogen and oxygen atoms in total. The van der Waals surface area contributed by atoms with Crippen LogP contribution in [0.25, 0.3) is 0 Å². The monoisotopic (exact) mass is 506 g/mol. The smallest absolute Gasteiger partial charge is 0.341 e. The number of anilines is 2. The molecule has 0 radical (unpaired) electrons. The van der Waals surface area contributed by atoms with Gasteiger partial charge < -0.3 is 15.4 Å². The summed E-state index contributed by atoms with van der Waals surface area (Å²) in [6.07, 6.45) is 8.06. The van der Waals surface area contributed by atoms with Gasteiger partial charge in [-0.3, -0.25) is 4.68 Å². The molecule has 1 aliphatic carbocycles. The van der Waals surface area contributed by atoms with Crippen LogP contribution in [0.2, 0.25) is 5.02 Å². The van der Waals surface area contributed by atoms with Crippen LogP contribution in [-0.2, 0) is 24.1 Å². The van der Waals surface area contributed by atoms with E-state index < -0.39 is 0 Å². The lowest BCUT2D eigenvalue weighted by molar-refractivity contribution is 0.0601. The molecule has 10 heteroatoms. The van der Waals surface area contributed by atoms with Crippen molar-refractivity contribution in [2.45, 2.75) is 45.1 Å². The Bertz CT molecular complexity index is 1160. The van der Waals surface area contributed by atoms with Crippen LogP contribution in [0.5, 0.6) is 0 Å². The predicted molar refractivity (Wildman–Crippen MR) is 134 cm³/mol. The quantitative estimate of drug-likeness (QED) is 0.325. The summed E-state index contributed by atoms with van der Waals surface area (Å²) in [4.78, 5) is 13.8. The molecule has 0 atom stereocenters. The maximum absolute atomic E-state index is 14.1. The standard InChI is InChI=1S/C23H24ClFN4O2S2/c1-31-22(30)20-14-7-4-2-3-5-10-18(14)33-21(20)27-23(32)26-19-11-12-29(28-19)13-15-16(24)8-6-9-17(15)25/h6,8-9,11-12H,2-5,7,10,13H2,1H3,(H2,26,27,28,32). The third-order valence-electron chi connectivity index (χ3n) is 5.55. The highest BCUT2D eigenvalue weighted by Gasteiger charge is 2.25. The Morgan fingerprint density at radius 1 is 1.24 bits per heavy atom. The van der Waals surface area contributed by atoms with Gasteiger partial charge in [0, 0.05) is 27.7 Å². The zero-order valence-corrected chi connectivity index (χ0v) is 20.5. The number of nitrogens with one attached hydrogen (secondary N) is 2. The van der Waals surface area contributed by atoms with Gasteiger partial charge in [0.1, 0.15) is 10.8 Å². The Balaban J connectivity index is 1.48. The van der Waals surface area contributed by atoms with E-state index in [9.17, 15) is 9.18 Å². The second kappa shape index (κ2) is 10.6. The van der Waals surface area contributed by atoms with Crippen LogP contribution < -0.4 is 10.6 Å². The number of halogens is 2. The molecule has 0 unspecified atom stereocenters. The lowest BCUT2D eigenvalue weighted by Gasteiger charge is -2.11. The average Bonchev–Trinajstić information content (AvgIpc) is 3.34. The maximum atomic E-state index is 14.1. The van der Waals surface area contributed by atoms with Gasteiger partial charge in [0.2, 0.25) is 0 Å². The van der Waals surface area contributed by atoms with Crippen molar-refractivity contribution >= 4 is 57.1 Å². The number of ether oxygens (including phenoxy) is 1. The van der Waals surface area contributed by atoms with Crippen LogP contribution >= 0.6 is 35.2 Å². The lowest BCUT2D eigenvalue weighted by Crippen LogP contribution is -2.20. The highest BCUT2D eigenvalue weighted by Crippen LogP contribution is 2.37. The van der Waals surface area contributed by atoms with Gasteiger partial charge in [0.05, 0.1) is 19.2 Å². The Labute approximate surface area is 206 Å². The molecule has 174 valence electrons. The molecule has 0 bridgehead atoms. The number of aryl methyl sites for hydroxylation is 1. The minimum absolute atomic E-state index is 0.192. The van der Waals surface area contributed by atoms with Crippen LogP contribution in [-0.4, -0.2) is 28.0 Å². The Kier molecular flexibility index (Phi) is 7.62. The Hall–Kier alpha value is -2.49. The van der Waals surface area contributed by atoms with Crippen molar-refractivity contribution in [3.63, 3.8) is 0 Å². The first-order valence-corrected chi connectivity index (χ1v) is 12.3. The summed E-state index contributed by atoms with van der Waals surface area (Å²) in [6, 6.07) is 6.31. The number of carbonyl (C=O) groups excluding carboxylic acids is 1. The summed E-state index contributed by atoms with van der Waals surface area (Å²) < 4.78 is 20.7. The highest BCUT2D eigenvalue weighted by molar-refractivity contribution is 7.80. The fourth-order valence-electron chi connectivity index (χ4n) is 3.94. The molecule has 1 aromatic carbocycles. The second-order valence-electron chi connectivity index (χ2n) is 7.79. The van der Waals surface area contributed by atoms with Gasteiger partial charge in [-0.15, -0.1) is 11.3 Å². The molecular weight excluding hydrogens is 483 g/mol. The number of methoxy groups -OCH3 is 1. The van der Waals surface area contributed by atoms with E-state index in [2.05, 4.69) is 15.7 Å². The van der Waals surface area contributed by atoms with Gasteiger partial charge in [0.15, 0.2) is 10.9 Å². The molecule has 0 aliphatic heterocycles. The summed E-state index contributed by atoms with van der Waals surface area (Å²) >= 11 is 13.1. The van der Waals surface area contributed by atoms with E-state index in [1.54, 1.807) is 40.4 Å². The fraction of sp³-hybridized carbons (Fsp3) is 0.348. The van der Waals surface area contributed by atoms with E-state index in [0.29, 0.717) is 32.1 Å². The van der Waals surface area contributed by atoms with Crippen molar-refractivity contribution in [2.24, 2.45) is 0 Å². The fourth-order valence-corrected chi connectivity index (χ4v) is 5.71. The topological polar surface area (TPSA) is 68.2 Å². The number of rotatable bonds is 5. The largest absolute Gasteiger partial charge is 0.465 e. The number of carbonyl (C=O) groups is 1. The molecule has 0 saturated carbocycles. The minimum atomic E-state index is -0.381. The van der Waals surface area contributed by atoms with Crippen LogP contribution in [0.15, 0.2) is 30.5 Å². The first kappa shape index (κ1) is 23.7. The zero-order chi connectivity index (χ0) is 23.4. The molecular formula is C23H24ClFN4O2S2. The average molecular weight is 507 g/mol. The van der Waals surface area contributed by atoms with E-state index in [1.807, 2.05) is 0 Å². The lowest BCUT2D eigenvalue weighted by atomic mass is 9.96. The van der Waals surface area contributed by atoms with Crippen molar-refractivity contribution in [1.82, 2.24) is 9.78 Å². The van der Waals surface area contributed by atoms with E-state index >= 15 is 0 Å². The van der Waals surface area contributed by atoms with Gasteiger partial charge in [-0.05, 0) is 55.6 Å². The first-order valence-electron chi connectivity index (χ1n) is 10.7. The summed E-state index contributed by atoms with van der Waals surface area (Å²) in [5, 5.41) is 11.9. The molecule has 0 fully saturated rings. The van der Waals surface area contributed by atoms with Crippen molar-refractivity contribution in [2.75, 3.05) is 17.7 Å². The number of esters is 1. The SMILES string of the molecule is COC(=O)c1c(NC(=S)Nc2ccn(Cc3c(F)cccc3Cl)n2)sc2c1CCCCCC2. The van der Waals surface area contributed by atoms with Gasteiger partial charge in [-0.25, -0.2) is 9.18 Å². The molecule has 0 spiro atoms. The summed E-state index contributed by atoms with van der Waals surface area (Å²) in [6.45, 7) is 0.192. The number of aromatic nitrogens is 2. The van der Waals surface area contributed by atoms with Gasteiger partial charge in [0.25, 0.3) is 0 Å². The number of nitrogens with zero attached hydrogens (tertiary/aromatic N) is 2. The van der Waals surface area contributed by atoms with E-state index in [4.69, 9.17) is 28.6 Å². The number of hydrogen-bond acceptors (Lipinski definition) is 5. The zero-order valence-electron chi connectivity index (χ0n) is 18.1. The van der Waals surface area contributed by atoms with Gasteiger partial charge >= 0.3 is 5.97 Å². The molecule has 2 aromatic heterocycles. The molecule has 1 aliphatic rings. The summed E-state index contributed by atoms with van der Waals surface area (Å²) in [7, 11) is 1.39. The Morgan fingerprint density at radius 3 is 2.79 bits per heavy atom. The molecule has 2 N–H and O–H groups in total. The maximum Gasteiger partial charge on any atom is 0.341 e. The summed E-state index contributed by atoms with van der Waals surface area (Å²) in [5.41, 5.74) is 2.01. The van der Waals surface area contributed by atoms with Crippen molar-refractivity contribution in [3.8, 4) is 0 Å². The minimum Gasteiger partial charge on any atom is -0.465 e. The van der Waals surface area contributed by atoms with Crippen molar-refractivity contribution in [1.29, 1.82) is 0 Å². The molecule has 3 aromatic rings. The highest BCUT2D eigenvalue weighted by atomic mass is 35.5. The van der Waals surface area contributed by atoms with Gasteiger partial charge in [-0.1, -0.05) is 30.5 Å². The first-order chi connectivity index (χ1) is 16.0. The summed E-state index contributed by atoms with van der Waals surface area (Å²) in [5.74, 6) is -0.243. The van der Waals surface area contributed by atoms with Crippen LogP contribution in [0.4, 0.5) is 15.2 Å². The number of thiophene rings is 1. The van der Waals surface area contributed by atoms with E-state index in [1.165, 1.54) is 30.9 Å². The van der Waals surface area contributed by atoms with E-state index in [-0.39, 0.29) is 18.3 Å². The van der Waals surface area contributed by atoms with Gasteiger partial charge in [-0.2, -0.15) is 5.10 Å². The predicted octanol–water partition coefficient (Wildman–Crippen LogP) is 6.04. The van der Waals surface area contributed by atoms with Crippen LogP contribution in [0.3, 0.4) is 0 Å². The molecule has 2 heterocycles. The normalized spacial score (nSPS) is 13.5. The number of hydrogen-bond donors (Lipinski definition) is 2. The van der Waals surface area contributed by atoms with Crippen LogP contribution in [0, 0.1) is 5.82 Å². The molecule has 4 rings (SSSR count). The van der Waals surface area contributed by atoms with Crippen molar-refractivity contribution < 1.29 is 13.9 Å². The molecule has 0 saturated heterocycles. The van der Waals surface area contributed by atoms with Crippen molar-refractivity contribution in [3.05, 3.63) is 62.9 Å². The number of benzene rings is 1. The van der Waals surface area contributed by atoms with Crippen LogP contribution in [0.1, 0.15) is 52.0 Å². The third-order valence-corrected chi connectivity index (χ3v) is 7.32. The molecule has 0 amide bonds.